The summed E-state index contributed by atoms with van der Waals surface area (Å²) in [6, 6.07) is 11.2. The molecule has 0 fully saturated rings. The van der Waals surface area contributed by atoms with E-state index in [4.69, 9.17) is 4.42 Å². The summed E-state index contributed by atoms with van der Waals surface area (Å²) < 4.78 is 7.08. The fourth-order valence-electron chi connectivity index (χ4n) is 2.53. The van der Waals surface area contributed by atoms with E-state index in [0.29, 0.717) is 23.9 Å². The molecule has 3 aromatic rings. The summed E-state index contributed by atoms with van der Waals surface area (Å²) in [7, 11) is 0. The number of aryl methyl sites for hydroxylation is 2. The Kier molecular flexibility index (Phi) is 5.23. The summed E-state index contributed by atoms with van der Waals surface area (Å²) in [6.45, 7) is 4.66. The van der Waals surface area contributed by atoms with E-state index in [0.717, 1.165) is 28.6 Å². The number of amides is 1. The van der Waals surface area contributed by atoms with E-state index in [2.05, 4.69) is 10.3 Å². The third kappa shape index (κ3) is 3.93. The molecule has 2 heterocycles. The molecule has 6 nitrogen and oxygen atoms in total. The molecule has 2 aromatic heterocycles. The maximum atomic E-state index is 12.5. The summed E-state index contributed by atoms with van der Waals surface area (Å²) in [5.41, 5.74) is 1.38. The minimum atomic E-state index is -0.170. The Balaban J connectivity index is 1.69. The van der Waals surface area contributed by atoms with Crippen LogP contribution >= 0.6 is 11.8 Å². The third-order valence-electron chi connectivity index (χ3n) is 3.73. The van der Waals surface area contributed by atoms with Crippen LogP contribution in [0, 0.1) is 6.92 Å². The first-order valence-corrected chi connectivity index (χ1v) is 9.01. The van der Waals surface area contributed by atoms with Crippen LogP contribution in [-0.4, -0.2) is 21.2 Å². The molecule has 0 saturated carbocycles. The van der Waals surface area contributed by atoms with Crippen molar-refractivity contribution < 1.29 is 9.21 Å². The molecule has 0 spiro atoms. The van der Waals surface area contributed by atoms with E-state index >= 15 is 0 Å². The molecule has 1 aromatic carbocycles. The summed E-state index contributed by atoms with van der Waals surface area (Å²) in [5.74, 6) is 1.47. The first-order valence-electron chi connectivity index (χ1n) is 8.03. The molecule has 0 unspecified atom stereocenters. The van der Waals surface area contributed by atoms with Gasteiger partial charge in [-0.2, -0.15) is 0 Å². The van der Waals surface area contributed by atoms with Crippen LogP contribution in [0.1, 0.15) is 18.4 Å². The Morgan fingerprint density at radius 2 is 2.08 bits per heavy atom. The van der Waals surface area contributed by atoms with E-state index in [1.165, 1.54) is 0 Å². The van der Waals surface area contributed by atoms with Gasteiger partial charge < -0.3 is 14.3 Å². The predicted molar refractivity (Wildman–Crippen MR) is 97.7 cm³/mol. The van der Waals surface area contributed by atoms with Crippen LogP contribution in [0.5, 0.6) is 0 Å². The quantitative estimate of drug-likeness (QED) is 0.687. The van der Waals surface area contributed by atoms with Crippen molar-refractivity contribution in [1.82, 2.24) is 14.9 Å². The van der Waals surface area contributed by atoms with Gasteiger partial charge in [-0.05, 0) is 38.1 Å². The molecule has 0 atom stereocenters. The average molecular weight is 357 g/mol. The summed E-state index contributed by atoms with van der Waals surface area (Å²) >= 11 is 1.15. The average Bonchev–Trinajstić information content (AvgIpc) is 3.03. The molecule has 0 radical (unpaired) electrons. The Morgan fingerprint density at radius 3 is 2.80 bits per heavy atom. The fourth-order valence-corrected chi connectivity index (χ4v) is 3.29. The number of fused-ring (bicyclic) bond motifs is 1. The second-order valence-electron chi connectivity index (χ2n) is 5.53. The van der Waals surface area contributed by atoms with Crippen molar-refractivity contribution in [2.24, 2.45) is 0 Å². The molecule has 1 N–H and O–H groups in total. The predicted octanol–water partition coefficient (Wildman–Crippen LogP) is 2.73. The Bertz CT molecular complexity index is 962. The first-order chi connectivity index (χ1) is 12.1. The number of para-hydroxylation sites is 2. The van der Waals surface area contributed by atoms with Crippen molar-refractivity contribution in [3.05, 3.63) is 58.3 Å². The van der Waals surface area contributed by atoms with E-state index < -0.39 is 0 Å². The van der Waals surface area contributed by atoms with Crippen LogP contribution in [0.4, 0.5) is 0 Å². The molecule has 0 saturated heterocycles. The highest BCUT2D eigenvalue weighted by atomic mass is 32.2. The van der Waals surface area contributed by atoms with Gasteiger partial charge in [-0.1, -0.05) is 23.9 Å². The van der Waals surface area contributed by atoms with Crippen LogP contribution in [0.3, 0.4) is 0 Å². The van der Waals surface area contributed by atoms with Crippen LogP contribution in [0.15, 0.2) is 50.6 Å². The smallest absolute Gasteiger partial charge is 0.283 e. The second-order valence-corrected chi connectivity index (χ2v) is 6.50. The zero-order chi connectivity index (χ0) is 17.8. The van der Waals surface area contributed by atoms with Gasteiger partial charge in [-0.25, -0.2) is 4.98 Å². The lowest BCUT2D eigenvalue weighted by Gasteiger charge is -2.09. The van der Waals surface area contributed by atoms with Crippen LogP contribution in [0.2, 0.25) is 0 Å². The van der Waals surface area contributed by atoms with Crippen molar-refractivity contribution in [2.45, 2.75) is 32.0 Å². The van der Waals surface area contributed by atoms with E-state index in [-0.39, 0.29) is 17.2 Å². The third-order valence-corrected chi connectivity index (χ3v) is 4.68. The molecule has 130 valence electrons. The molecule has 7 heteroatoms. The summed E-state index contributed by atoms with van der Waals surface area (Å²) in [5, 5.41) is 3.12. The van der Waals surface area contributed by atoms with Crippen LogP contribution in [-0.2, 0) is 17.9 Å². The minimum absolute atomic E-state index is 0.129. The number of hydrogen-bond acceptors (Lipinski definition) is 5. The molecule has 0 aliphatic carbocycles. The topological polar surface area (TPSA) is 77.1 Å². The number of benzene rings is 1. The standard InChI is InChI=1S/C18H19N3O3S/c1-3-21-15-7-5-4-6-14(15)20-17(18(21)23)25-11-16(22)19-10-13-9-8-12(2)24-13/h4-9H,3,10-11H2,1-2H3,(H,19,22). The Labute approximate surface area is 149 Å². The highest BCUT2D eigenvalue weighted by molar-refractivity contribution is 7.99. The molecule has 3 rings (SSSR count). The van der Waals surface area contributed by atoms with E-state index in [9.17, 15) is 9.59 Å². The van der Waals surface area contributed by atoms with Crippen molar-refractivity contribution in [2.75, 3.05) is 5.75 Å². The summed E-state index contributed by atoms with van der Waals surface area (Å²) in [6.07, 6.45) is 0. The highest BCUT2D eigenvalue weighted by Crippen LogP contribution is 2.16. The van der Waals surface area contributed by atoms with Crippen LogP contribution < -0.4 is 10.9 Å². The SMILES string of the molecule is CCn1c(=O)c(SCC(=O)NCc2ccc(C)o2)nc2ccccc21. The molecule has 25 heavy (non-hydrogen) atoms. The molecular formula is C18H19N3O3S. The fraction of sp³-hybridized carbons (Fsp3) is 0.278. The van der Waals surface area contributed by atoms with Gasteiger partial charge in [-0.15, -0.1) is 0 Å². The maximum Gasteiger partial charge on any atom is 0.283 e. The number of aromatic nitrogens is 2. The second kappa shape index (κ2) is 7.57. The van der Waals surface area contributed by atoms with Gasteiger partial charge in [0.1, 0.15) is 11.5 Å². The lowest BCUT2D eigenvalue weighted by atomic mass is 10.3. The number of carbonyl (C=O) groups is 1. The minimum Gasteiger partial charge on any atom is -0.465 e. The lowest BCUT2D eigenvalue weighted by molar-refractivity contribution is -0.118. The molecule has 0 bridgehead atoms. The zero-order valence-electron chi connectivity index (χ0n) is 14.1. The molecular weight excluding hydrogens is 338 g/mol. The monoisotopic (exact) mass is 357 g/mol. The van der Waals surface area contributed by atoms with E-state index in [1.807, 2.05) is 50.2 Å². The van der Waals surface area contributed by atoms with E-state index in [1.54, 1.807) is 4.57 Å². The van der Waals surface area contributed by atoms with Gasteiger partial charge >= 0.3 is 0 Å². The van der Waals surface area contributed by atoms with Crippen molar-refractivity contribution >= 4 is 28.7 Å². The van der Waals surface area contributed by atoms with Crippen molar-refractivity contribution in [1.29, 1.82) is 0 Å². The normalized spacial score (nSPS) is 11.0. The van der Waals surface area contributed by atoms with Crippen LogP contribution in [0.25, 0.3) is 11.0 Å². The zero-order valence-corrected chi connectivity index (χ0v) is 14.9. The Hall–Kier alpha value is -2.54. The largest absolute Gasteiger partial charge is 0.465 e. The number of rotatable bonds is 6. The van der Waals surface area contributed by atoms with Gasteiger partial charge in [0.05, 0.1) is 23.3 Å². The van der Waals surface area contributed by atoms with Gasteiger partial charge in [0.15, 0.2) is 5.03 Å². The Morgan fingerprint density at radius 1 is 1.28 bits per heavy atom. The lowest BCUT2D eigenvalue weighted by Crippen LogP contribution is -2.26. The molecule has 0 aliphatic rings. The van der Waals surface area contributed by atoms with Crippen molar-refractivity contribution in [3.63, 3.8) is 0 Å². The molecule has 1 amide bonds. The van der Waals surface area contributed by atoms with Gasteiger partial charge in [-0.3, -0.25) is 9.59 Å². The van der Waals surface area contributed by atoms with Crippen molar-refractivity contribution in [3.8, 4) is 0 Å². The number of nitrogens with zero attached hydrogens (tertiary/aromatic N) is 2. The highest BCUT2D eigenvalue weighted by Gasteiger charge is 2.12. The number of hydrogen-bond donors (Lipinski definition) is 1. The van der Waals surface area contributed by atoms with Gasteiger partial charge in [0.25, 0.3) is 5.56 Å². The molecule has 0 aliphatic heterocycles. The summed E-state index contributed by atoms with van der Waals surface area (Å²) in [4.78, 5) is 29.0. The number of carbonyl (C=O) groups excluding carboxylic acids is 1. The first kappa shape index (κ1) is 17.3. The maximum absolute atomic E-state index is 12.5. The number of nitrogens with one attached hydrogen (secondary N) is 1. The number of furan rings is 1. The number of thioether (sulfide) groups is 1. The van der Waals surface area contributed by atoms with Gasteiger partial charge in [0, 0.05) is 6.54 Å². The van der Waals surface area contributed by atoms with Gasteiger partial charge in [0.2, 0.25) is 5.91 Å².